The molecule has 3 heteroatoms. The molecule has 0 heterocycles. The van der Waals surface area contributed by atoms with Crippen molar-refractivity contribution in [2.75, 3.05) is 0 Å². The summed E-state index contributed by atoms with van der Waals surface area (Å²) in [5.41, 5.74) is 1.89. The average Bonchev–Trinajstić information content (AvgIpc) is 3.02. The second kappa shape index (κ2) is 4.01. The highest BCUT2D eigenvalue weighted by atomic mass is 19.1. The fourth-order valence-corrected chi connectivity index (χ4v) is 1.58. The van der Waals surface area contributed by atoms with E-state index in [4.69, 9.17) is 5.21 Å². The molecule has 0 bridgehead atoms. The van der Waals surface area contributed by atoms with Gasteiger partial charge in [-0.25, -0.2) is 4.39 Å². The fourth-order valence-electron chi connectivity index (χ4n) is 1.58. The van der Waals surface area contributed by atoms with Crippen molar-refractivity contribution in [2.45, 2.75) is 26.2 Å². The minimum absolute atomic E-state index is 0.246. The highest BCUT2D eigenvalue weighted by Gasteiger charge is 2.24. The zero-order chi connectivity index (χ0) is 10.8. The Labute approximate surface area is 88.4 Å². The number of halogens is 1. The van der Waals surface area contributed by atoms with Gasteiger partial charge < -0.3 is 5.21 Å². The highest BCUT2D eigenvalue weighted by Crippen LogP contribution is 2.33. The molecule has 2 nitrogen and oxygen atoms in total. The molecule has 1 aliphatic rings. The van der Waals surface area contributed by atoms with Crippen molar-refractivity contribution in [1.29, 1.82) is 0 Å². The van der Waals surface area contributed by atoms with Gasteiger partial charge in [0.2, 0.25) is 0 Å². The van der Waals surface area contributed by atoms with E-state index in [2.05, 4.69) is 5.16 Å². The lowest BCUT2D eigenvalue weighted by Gasteiger charge is -2.04. The van der Waals surface area contributed by atoms with Gasteiger partial charge in [-0.05, 0) is 43.7 Å². The molecule has 1 aromatic carbocycles. The van der Waals surface area contributed by atoms with Crippen LogP contribution in [-0.4, -0.2) is 10.9 Å². The molecule has 0 aliphatic heterocycles. The molecular weight excluding hydrogens is 193 g/mol. The summed E-state index contributed by atoms with van der Waals surface area (Å²) in [6, 6.07) is 4.95. The first-order valence-electron chi connectivity index (χ1n) is 5.18. The van der Waals surface area contributed by atoms with Crippen molar-refractivity contribution >= 4 is 5.71 Å². The Morgan fingerprint density at radius 1 is 1.53 bits per heavy atom. The Bertz CT molecular complexity index is 397. The van der Waals surface area contributed by atoms with Gasteiger partial charge in [0.25, 0.3) is 0 Å². The molecule has 80 valence electrons. The van der Waals surface area contributed by atoms with Gasteiger partial charge >= 0.3 is 0 Å². The van der Waals surface area contributed by atoms with Crippen LogP contribution in [0, 0.1) is 18.7 Å². The summed E-state index contributed by atoms with van der Waals surface area (Å²) in [6.07, 6.45) is 3.12. The average molecular weight is 207 g/mol. The van der Waals surface area contributed by atoms with E-state index in [1.807, 2.05) is 0 Å². The van der Waals surface area contributed by atoms with Gasteiger partial charge in [0.05, 0.1) is 5.71 Å². The molecule has 1 N–H and O–H groups in total. The SMILES string of the molecule is Cc1ccc(/C(CC2CC2)=N\O)cc1F. The number of benzene rings is 1. The monoisotopic (exact) mass is 207 g/mol. The number of oxime groups is 1. The second-order valence-electron chi connectivity index (χ2n) is 4.16. The fraction of sp³-hybridized carbons (Fsp3) is 0.417. The number of hydrogen-bond acceptors (Lipinski definition) is 2. The number of nitrogens with zero attached hydrogens (tertiary/aromatic N) is 1. The molecule has 1 fully saturated rings. The van der Waals surface area contributed by atoms with Gasteiger partial charge in [0.1, 0.15) is 5.82 Å². The molecule has 0 amide bonds. The Morgan fingerprint density at radius 2 is 2.27 bits per heavy atom. The van der Waals surface area contributed by atoms with Crippen LogP contribution in [0.25, 0.3) is 0 Å². The predicted octanol–water partition coefficient (Wildman–Crippen LogP) is 3.11. The number of hydrogen-bond donors (Lipinski definition) is 1. The Kier molecular flexibility index (Phi) is 2.71. The van der Waals surface area contributed by atoms with Gasteiger partial charge in [0.15, 0.2) is 0 Å². The Morgan fingerprint density at radius 3 is 2.80 bits per heavy atom. The van der Waals surface area contributed by atoms with Gasteiger partial charge in [-0.2, -0.15) is 0 Å². The first-order chi connectivity index (χ1) is 7.20. The van der Waals surface area contributed by atoms with E-state index in [0.717, 1.165) is 6.42 Å². The van der Waals surface area contributed by atoms with Crippen LogP contribution in [-0.2, 0) is 0 Å². The van der Waals surface area contributed by atoms with Crippen LogP contribution < -0.4 is 0 Å². The summed E-state index contributed by atoms with van der Waals surface area (Å²) in [5.74, 6) is 0.379. The maximum Gasteiger partial charge on any atom is 0.126 e. The lowest BCUT2D eigenvalue weighted by molar-refractivity contribution is 0.317. The van der Waals surface area contributed by atoms with Gasteiger partial charge in [-0.1, -0.05) is 17.3 Å². The molecule has 2 rings (SSSR count). The molecule has 0 saturated heterocycles. The van der Waals surface area contributed by atoms with Gasteiger partial charge in [0, 0.05) is 5.56 Å². The van der Waals surface area contributed by atoms with Crippen LogP contribution in [0.3, 0.4) is 0 Å². The first kappa shape index (κ1) is 10.1. The van der Waals surface area contributed by atoms with Crippen molar-refractivity contribution < 1.29 is 9.60 Å². The third-order valence-corrected chi connectivity index (χ3v) is 2.80. The lowest BCUT2D eigenvalue weighted by atomic mass is 10.0. The van der Waals surface area contributed by atoms with Crippen LogP contribution in [0.2, 0.25) is 0 Å². The van der Waals surface area contributed by atoms with Crippen molar-refractivity contribution in [3.8, 4) is 0 Å². The molecule has 0 atom stereocenters. The van der Waals surface area contributed by atoms with E-state index in [9.17, 15) is 4.39 Å². The van der Waals surface area contributed by atoms with Crippen LogP contribution in [0.4, 0.5) is 4.39 Å². The minimum Gasteiger partial charge on any atom is -0.411 e. The predicted molar refractivity (Wildman–Crippen MR) is 56.8 cm³/mol. The third-order valence-electron chi connectivity index (χ3n) is 2.80. The Balaban J connectivity index is 2.22. The molecule has 0 spiro atoms. The van der Waals surface area contributed by atoms with Crippen molar-refractivity contribution in [3.63, 3.8) is 0 Å². The molecule has 0 radical (unpaired) electrons. The van der Waals surface area contributed by atoms with E-state index >= 15 is 0 Å². The summed E-state index contributed by atoms with van der Waals surface area (Å²) in [5, 5.41) is 12.1. The molecule has 15 heavy (non-hydrogen) atoms. The molecule has 1 saturated carbocycles. The minimum atomic E-state index is -0.246. The molecule has 0 unspecified atom stereocenters. The number of aryl methyl sites for hydroxylation is 1. The summed E-state index contributed by atoms with van der Waals surface area (Å²) in [4.78, 5) is 0. The van der Waals surface area contributed by atoms with Gasteiger partial charge in [-0.15, -0.1) is 0 Å². The van der Waals surface area contributed by atoms with Crippen molar-refractivity contribution in [1.82, 2.24) is 0 Å². The maximum absolute atomic E-state index is 13.3. The lowest BCUT2D eigenvalue weighted by Crippen LogP contribution is -2.03. The highest BCUT2D eigenvalue weighted by molar-refractivity contribution is 6.00. The van der Waals surface area contributed by atoms with E-state index < -0.39 is 0 Å². The topological polar surface area (TPSA) is 32.6 Å². The molecule has 0 aromatic heterocycles. The van der Waals surface area contributed by atoms with Crippen LogP contribution >= 0.6 is 0 Å². The van der Waals surface area contributed by atoms with Crippen LogP contribution in [0.15, 0.2) is 23.4 Å². The van der Waals surface area contributed by atoms with Gasteiger partial charge in [-0.3, -0.25) is 0 Å². The van der Waals surface area contributed by atoms with E-state index in [1.165, 1.54) is 18.9 Å². The van der Waals surface area contributed by atoms with E-state index in [0.29, 0.717) is 22.8 Å². The molecule has 1 aliphatic carbocycles. The third kappa shape index (κ3) is 2.35. The van der Waals surface area contributed by atoms with Crippen LogP contribution in [0.5, 0.6) is 0 Å². The summed E-state index contributed by atoms with van der Waals surface area (Å²) in [6.45, 7) is 1.72. The molecule has 1 aromatic rings. The number of rotatable bonds is 3. The van der Waals surface area contributed by atoms with E-state index in [-0.39, 0.29) is 5.82 Å². The normalized spacial score (nSPS) is 16.8. The quantitative estimate of drug-likeness (QED) is 0.461. The largest absolute Gasteiger partial charge is 0.411 e. The van der Waals surface area contributed by atoms with Crippen molar-refractivity contribution in [3.05, 3.63) is 35.1 Å². The van der Waals surface area contributed by atoms with Crippen LogP contribution in [0.1, 0.15) is 30.4 Å². The second-order valence-corrected chi connectivity index (χ2v) is 4.16. The molecular formula is C12H14FNO. The summed E-state index contributed by atoms with van der Waals surface area (Å²) < 4.78 is 13.3. The summed E-state index contributed by atoms with van der Waals surface area (Å²) in [7, 11) is 0. The Hall–Kier alpha value is -1.38. The van der Waals surface area contributed by atoms with Crippen molar-refractivity contribution in [2.24, 2.45) is 11.1 Å². The zero-order valence-electron chi connectivity index (χ0n) is 8.70. The standard InChI is InChI=1S/C12H14FNO/c1-8-2-5-10(7-11(8)13)12(14-15)6-9-3-4-9/h2,5,7,9,15H,3-4,6H2,1H3/b14-12-. The summed E-state index contributed by atoms with van der Waals surface area (Å²) >= 11 is 0. The first-order valence-corrected chi connectivity index (χ1v) is 5.18. The zero-order valence-corrected chi connectivity index (χ0v) is 8.70. The smallest absolute Gasteiger partial charge is 0.126 e. The maximum atomic E-state index is 13.3. The van der Waals surface area contributed by atoms with E-state index in [1.54, 1.807) is 19.1 Å².